The van der Waals surface area contributed by atoms with E-state index in [9.17, 15) is 5.11 Å². The molecule has 0 saturated carbocycles. The second-order valence-electron chi connectivity index (χ2n) is 14.3. The molecule has 9 rings (SSSR count). The van der Waals surface area contributed by atoms with Gasteiger partial charge in [-0.3, -0.25) is 4.57 Å². The second kappa shape index (κ2) is 13.9. The summed E-state index contributed by atoms with van der Waals surface area (Å²) >= 11 is 0. The van der Waals surface area contributed by atoms with E-state index in [1.165, 1.54) is 0 Å². The van der Waals surface area contributed by atoms with Crippen molar-refractivity contribution >= 4 is 203 Å². The summed E-state index contributed by atoms with van der Waals surface area (Å²) in [4.78, 5) is 4.92. The van der Waals surface area contributed by atoms with Gasteiger partial charge in [0, 0.05) is 11.3 Å². The summed E-state index contributed by atoms with van der Waals surface area (Å²) in [5.41, 5.74) is 5.45. The molecule has 15 heteroatoms. The molecule has 8 aromatic carbocycles. The Balaban J connectivity index is 1.45. The summed E-state index contributed by atoms with van der Waals surface area (Å²) in [7, 11) is 79.9. The van der Waals surface area contributed by atoms with Crippen LogP contribution in [0.5, 0.6) is 5.75 Å². The maximum atomic E-state index is 10.9. The highest BCUT2D eigenvalue weighted by Crippen LogP contribution is 2.42. The van der Waals surface area contributed by atoms with Crippen LogP contribution >= 0.6 is 0 Å². The lowest BCUT2D eigenvalue weighted by molar-refractivity contribution is 0.484. The zero-order valence-electron chi connectivity index (χ0n) is 30.9. The number of hydrogen-bond acceptors (Lipinski definition) is 2. The number of fused-ring (bicyclic) bond motifs is 4. The molecule has 0 fully saturated rings. The zero-order valence-corrected chi connectivity index (χ0v) is 30.9. The van der Waals surface area contributed by atoms with Gasteiger partial charge in [-0.1, -0.05) is 93.4 Å². The van der Waals surface area contributed by atoms with Crippen LogP contribution in [0.15, 0.2) is 91.0 Å². The molecule has 1 heterocycles. The SMILES string of the molecule is [B]c1c([B])c(O)c([B])c(-c2nc3ccccc3n2-c2cccc(-c3c4c([B])c([B])c([B])c([B])c4c(-c4ccc5ccccc5c4)c4c([B])c([B])c([B])c([B])c34)c2)c1[B]. The molecule has 0 aliphatic heterocycles. The van der Waals surface area contributed by atoms with Crippen molar-refractivity contribution in [3.8, 4) is 45.1 Å². The fraction of sp³-hybridized carbons (Fsp3) is 0. The van der Waals surface area contributed by atoms with E-state index < -0.39 is 5.75 Å². The van der Waals surface area contributed by atoms with Crippen LogP contribution in [0.4, 0.5) is 0 Å². The van der Waals surface area contributed by atoms with Gasteiger partial charge in [-0.15, -0.1) is 27.3 Å². The van der Waals surface area contributed by atoms with E-state index in [0.717, 1.165) is 16.3 Å². The van der Waals surface area contributed by atoms with Crippen LogP contribution in [0, 0.1) is 0 Å². The van der Waals surface area contributed by atoms with E-state index >= 15 is 0 Å². The Kier molecular flexibility index (Phi) is 9.11. The van der Waals surface area contributed by atoms with Crippen LogP contribution in [-0.4, -0.2) is 109 Å². The fourth-order valence-corrected chi connectivity index (χ4v) is 8.18. The standard InChI is InChI=1S/C43H16B12N2O/c44-30-25-23(18-8-5-9-20(15-18)57-22-11-4-3-10-21(22)56-43(57)29-34(48)40(54)41(55)42(58)35(29)49)26-28(33(47)39(53)37(51)31(26)45)24(27(25)32(46)38(52)36(30)50)19-13-12-16-6-1-2-7-17(16)14-19/h1-15,58H. The third-order valence-corrected chi connectivity index (χ3v) is 11.2. The van der Waals surface area contributed by atoms with Gasteiger partial charge in [0.15, 0.2) is 0 Å². The summed E-state index contributed by atoms with van der Waals surface area (Å²) in [6, 6.07) is 28.9. The van der Waals surface area contributed by atoms with Gasteiger partial charge in [0.2, 0.25) is 0 Å². The van der Waals surface area contributed by atoms with Crippen LogP contribution in [0.25, 0.3) is 82.7 Å². The summed E-state index contributed by atoms with van der Waals surface area (Å²) in [6.45, 7) is 0. The molecule has 0 aliphatic rings. The van der Waals surface area contributed by atoms with Crippen molar-refractivity contribution in [2.24, 2.45) is 0 Å². The van der Waals surface area contributed by atoms with Crippen LogP contribution in [0.3, 0.4) is 0 Å². The highest BCUT2D eigenvalue weighted by Gasteiger charge is 2.26. The number of para-hydroxylation sites is 2. The maximum absolute atomic E-state index is 10.9. The molecule has 0 spiro atoms. The Labute approximate surface area is 352 Å². The Hall–Kier alpha value is -5.41. The number of aromatic nitrogens is 2. The normalized spacial score (nSPS) is 11.7. The maximum Gasteiger partial charge on any atom is 0.144 e. The molecule has 0 atom stereocenters. The zero-order chi connectivity index (χ0) is 41.1. The molecule has 0 saturated heterocycles. The molecular formula is C43H16B12N2O. The molecule has 240 valence electrons. The van der Waals surface area contributed by atoms with Gasteiger partial charge in [-0.2, -0.15) is 0 Å². The quantitative estimate of drug-likeness (QED) is 0.154. The first kappa shape index (κ1) is 38.1. The minimum Gasteiger partial charge on any atom is -0.509 e. The molecule has 0 amide bonds. The molecule has 9 aromatic rings. The van der Waals surface area contributed by atoms with Crippen LogP contribution in [-0.2, 0) is 0 Å². The van der Waals surface area contributed by atoms with Gasteiger partial charge in [-0.05, 0) is 90.4 Å². The Morgan fingerprint density at radius 2 is 0.897 bits per heavy atom. The lowest BCUT2D eigenvalue weighted by atomic mass is 9.59. The van der Waals surface area contributed by atoms with Gasteiger partial charge >= 0.3 is 0 Å². The van der Waals surface area contributed by atoms with Crippen molar-refractivity contribution in [2.75, 3.05) is 0 Å². The minimum atomic E-state index is -0.409. The summed E-state index contributed by atoms with van der Waals surface area (Å²) < 4.78 is 1.85. The molecular weight excluding hydrogens is 690 g/mol. The van der Waals surface area contributed by atoms with E-state index in [1.807, 2.05) is 95.6 Å². The Bertz CT molecular complexity index is 3180. The highest BCUT2D eigenvalue weighted by molar-refractivity contribution is 6.71. The molecule has 1 aromatic heterocycles. The van der Waals surface area contributed by atoms with E-state index in [0.29, 0.717) is 60.8 Å². The van der Waals surface area contributed by atoms with Crippen molar-refractivity contribution in [3.63, 3.8) is 0 Å². The second-order valence-corrected chi connectivity index (χ2v) is 14.3. The molecule has 24 radical (unpaired) electrons. The highest BCUT2D eigenvalue weighted by atomic mass is 16.3. The van der Waals surface area contributed by atoms with E-state index in [4.69, 9.17) is 99.1 Å². The number of rotatable bonds is 4. The van der Waals surface area contributed by atoms with Gasteiger partial charge < -0.3 is 5.11 Å². The first-order chi connectivity index (χ1) is 27.7. The average molecular weight is 706 g/mol. The Morgan fingerprint density at radius 3 is 1.48 bits per heavy atom. The van der Waals surface area contributed by atoms with Crippen molar-refractivity contribution in [2.45, 2.75) is 0 Å². The smallest absolute Gasteiger partial charge is 0.144 e. The van der Waals surface area contributed by atoms with E-state index in [2.05, 4.69) is 0 Å². The largest absolute Gasteiger partial charge is 0.509 e. The van der Waals surface area contributed by atoms with Crippen molar-refractivity contribution < 1.29 is 5.11 Å². The first-order valence-corrected chi connectivity index (χ1v) is 18.0. The summed E-state index contributed by atoms with van der Waals surface area (Å²) in [5.74, 6) is -0.119. The number of hydrogen-bond donors (Lipinski definition) is 1. The number of imidazole rings is 1. The first-order valence-electron chi connectivity index (χ1n) is 18.0. The number of aromatic hydroxyl groups is 1. The van der Waals surface area contributed by atoms with E-state index in [-0.39, 0.29) is 71.1 Å². The topological polar surface area (TPSA) is 38.1 Å². The predicted octanol–water partition coefficient (Wildman–Crippen LogP) is -3.28. The molecule has 58 heavy (non-hydrogen) atoms. The lowest BCUT2D eigenvalue weighted by Crippen LogP contribution is -2.50. The molecule has 0 aliphatic carbocycles. The number of nitrogens with zero attached hydrogens (tertiary/aromatic N) is 2. The third-order valence-electron chi connectivity index (χ3n) is 11.2. The van der Waals surface area contributed by atoms with Gasteiger partial charge in [0.1, 0.15) is 106 Å². The summed E-state index contributed by atoms with van der Waals surface area (Å²) in [5, 5.41) is 14.8. The predicted molar refractivity (Wildman–Crippen MR) is 256 cm³/mol. The number of benzene rings is 8. The van der Waals surface area contributed by atoms with Gasteiger partial charge in [0.25, 0.3) is 0 Å². The van der Waals surface area contributed by atoms with Gasteiger partial charge in [0.05, 0.1) is 11.0 Å². The Morgan fingerprint density at radius 1 is 0.397 bits per heavy atom. The van der Waals surface area contributed by atoms with Crippen molar-refractivity contribution in [1.29, 1.82) is 0 Å². The van der Waals surface area contributed by atoms with Crippen molar-refractivity contribution in [3.05, 3.63) is 91.0 Å². The average Bonchev–Trinajstić information content (AvgIpc) is 3.62. The van der Waals surface area contributed by atoms with Crippen molar-refractivity contribution in [1.82, 2.24) is 9.55 Å². The number of phenolic OH excluding ortho intramolecular Hbond substituents is 1. The lowest BCUT2D eigenvalue weighted by Gasteiger charge is -2.29. The number of phenols is 1. The summed E-state index contributed by atoms with van der Waals surface area (Å²) in [6.07, 6.45) is 0. The molecule has 1 N–H and O–H groups in total. The van der Waals surface area contributed by atoms with Gasteiger partial charge in [-0.25, -0.2) is 4.98 Å². The minimum absolute atomic E-state index is 0.0339. The van der Waals surface area contributed by atoms with Crippen LogP contribution in [0.1, 0.15) is 0 Å². The van der Waals surface area contributed by atoms with Crippen LogP contribution in [0.2, 0.25) is 0 Å². The molecule has 0 unspecified atom stereocenters. The molecule has 0 bridgehead atoms. The third kappa shape index (κ3) is 5.41. The molecule has 3 nitrogen and oxygen atoms in total. The fourth-order valence-electron chi connectivity index (χ4n) is 8.18. The van der Waals surface area contributed by atoms with Crippen LogP contribution < -0.4 is 65.6 Å². The monoisotopic (exact) mass is 708 g/mol. The van der Waals surface area contributed by atoms with E-state index in [1.54, 1.807) is 0 Å².